The number of thiocarbonyl (C=S) groups is 1. The summed E-state index contributed by atoms with van der Waals surface area (Å²) in [6, 6.07) is 14.8. The molecule has 6 heteroatoms. The van der Waals surface area contributed by atoms with Crippen LogP contribution in [0.25, 0.3) is 6.08 Å². The van der Waals surface area contributed by atoms with Crippen molar-refractivity contribution in [2.24, 2.45) is 0 Å². The first kappa shape index (κ1) is 16.5. The van der Waals surface area contributed by atoms with Crippen LogP contribution in [-0.2, 0) is 4.79 Å². The van der Waals surface area contributed by atoms with Crippen molar-refractivity contribution < 1.29 is 14.3 Å². The molecule has 1 saturated heterocycles. The Kier molecular flexibility index (Phi) is 4.87. The van der Waals surface area contributed by atoms with Crippen molar-refractivity contribution in [3.05, 3.63) is 59.0 Å². The fourth-order valence-electron chi connectivity index (χ4n) is 2.35. The van der Waals surface area contributed by atoms with Gasteiger partial charge < -0.3 is 9.47 Å². The number of methoxy groups -OCH3 is 2. The minimum atomic E-state index is -0.130. The average molecular weight is 357 g/mol. The van der Waals surface area contributed by atoms with Gasteiger partial charge >= 0.3 is 0 Å². The molecule has 1 amide bonds. The van der Waals surface area contributed by atoms with Gasteiger partial charge in [-0.2, -0.15) is 0 Å². The van der Waals surface area contributed by atoms with Gasteiger partial charge in [0.05, 0.1) is 24.8 Å². The van der Waals surface area contributed by atoms with Gasteiger partial charge in [0, 0.05) is 11.6 Å². The van der Waals surface area contributed by atoms with E-state index in [2.05, 4.69) is 0 Å². The Morgan fingerprint density at radius 2 is 1.83 bits per heavy atom. The third-order valence-corrected chi connectivity index (χ3v) is 4.84. The van der Waals surface area contributed by atoms with Gasteiger partial charge in [-0.05, 0) is 30.3 Å². The summed E-state index contributed by atoms with van der Waals surface area (Å²) in [6.07, 6.45) is 1.79. The molecule has 1 fully saturated rings. The number of amides is 1. The molecule has 1 aliphatic rings. The van der Waals surface area contributed by atoms with E-state index in [0.717, 1.165) is 11.3 Å². The number of nitrogens with zero attached hydrogens (tertiary/aromatic N) is 1. The molecule has 2 aromatic carbocycles. The predicted molar refractivity (Wildman–Crippen MR) is 102 cm³/mol. The molecule has 24 heavy (non-hydrogen) atoms. The van der Waals surface area contributed by atoms with Gasteiger partial charge in [-0.15, -0.1) is 0 Å². The standard InChI is InChI=1S/C18H15NO3S2/c1-21-14-9-8-12(15(11-14)22-2)10-16-17(20)19(18(23)24-16)13-6-4-3-5-7-13/h3-11H,1-2H3/b16-10+. The predicted octanol–water partition coefficient (Wildman–Crippen LogP) is 4.11. The minimum absolute atomic E-state index is 0.130. The highest BCUT2D eigenvalue weighted by Crippen LogP contribution is 2.37. The Labute approximate surface area is 150 Å². The molecule has 0 unspecified atom stereocenters. The largest absolute Gasteiger partial charge is 0.497 e. The lowest BCUT2D eigenvalue weighted by Crippen LogP contribution is -2.27. The van der Waals surface area contributed by atoms with Crippen LogP contribution in [0.4, 0.5) is 5.69 Å². The van der Waals surface area contributed by atoms with Crippen LogP contribution in [0.2, 0.25) is 0 Å². The van der Waals surface area contributed by atoms with Gasteiger partial charge in [0.1, 0.15) is 11.5 Å². The Balaban J connectivity index is 1.95. The van der Waals surface area contributed by atoms with E-state index in [1.165, 1.54) is 11.8 Å². The third-order valence-electron chi connectivity index (χ3n) is 3.54. The Hall–Kier alpha value is -2.31. The number of rotatable bonds is 4. The molecule has 4 nitrogen and oxygen atoms in total. The van der Waals surface area contributed by atoms with Gasteiger partial charge in [-0.3, -0.25) is 9.69 Å². The minimum Gasteiger partial charge on any atom is -0.497 e. The maximum atomic E-state index is 12.7. The number of benzene rings is 2. The van der Waals surface area contributed by atoms with Crippen LogP contribution < -0.4 is 14.4 Å². The summed E-state index contributed by atoms with van der Waals surface area (Å²) < 4.78 is 11.1. The van der Waals surface area contributed by atoms with E-state index < -0.39 is 0 Å². The molecule has 0 atom stereocenters. The first-order valence-corrected chi connectivity index (χ1v) is 8.41. The zero-order chi connectivity index (χ0) is 17.1. The topological polar surface area (TPSA) is 38.8 Å². The second-order valence-corrected chi connectivity index (χ2v) is 6.64. The van der Waals surface area contributed by atoms with Crippen molar-refractivity contribution >= 4 is 46.0 Å². The fraction of sp³-hybridized carbons (Fsp3) is 0.111. The molecule has 122 valence electrons. The summed E-state index contributed by atoms with van der Waals surface area (Å²) in [7, 11) is 3.18. The molecule has 0 radical (unpaired) electrons. The molecule has 0 saturated carbocycles. The first-order valence-electron chi connectivity index (χ1n) is 7.19. The highest BCUT2D eigenvalue weighted by Gasteiger charge is 2.33. The number of carbonyl (C=O) groups is 1. The van der Waals surface area contributed by atoms with E-state index in [0.29, 0.717) is 20.7 Å². The smallest absolute Gasteiger partial charge is 0.270 e. The zero-order valence-corrected chi connectivity index (χ0v) is 14.8. The van der Waals surface area contributed by atoms with Crippen LogP contribution in [0.3, 0.4) is 0 Å². The summed E-state index contributed by atoms with van der Waals surface area (Å²) in [4.78, 5) is 14.8. The van der Waals surface area contributed by atoms with Crippen molar-refractivity contribution in [2.75, 3.05) is 19.1 Å². The Morgan fingerprint density at radius 1 is 1.08 bits per heavy atom. The van der Waals surface area contributed by atoms with Crippen molar-refractivity contribution in [1.82, 2.24) is 0 Å². The van der Waals surface area contributed by atoms with E-state index in [9.17, 15) is 4.79 Å². The molecule has 1 aliphatic heterocycles. The fourth-order valence-corrected chi connectivity index (χ4v) is 3.64. The molecule has 0 bridgehead atoms. The molecule has 2 aromatic rings. The van der Waals surface area contributed by atoms with E-state index in [1.54, 1.807) is 31.3 Å². The van der Waals surface area contributed by atoms with Gasteiger partial charge in [0.15, 0.2) is 4.32 Å². The molecule has 3 rings (SSSR count). The number of ether oxygens (including phenoxy) is 2. The van der Waals surface area contributed by atoms with Gasteiger partial charge in [0.25, 0.3) is 5.91 Å². The lowest BCUT2D eigenvalue weighted by Gasteiger charge is -2.13. The number of para-hydroxylation sites is 1. The van der Waals surface area contributed by atoms with Crippen molar-refractivity contribution in [2.45, 2.75) is 0 Å². The second kappa shape index (κ2) is 7.07. The summed E-state index contributed by atoms with van der Waals surface area (Å²) in [5.74, 6) is 1.20. The quantitative estimate of drug-likeness (QED) is 0.608. The van der Waals surface area contributed by atoms with Crippen LogP contribution in [0, 0.1) is 0 Å². The molecular weight excluding hydrogens is 342 g/mol. The maximum Gasteiger partial charge on any atom is 0.270 e. The normalized spacial score (nSPS) is 15.9. The van der Waals surface area contributed by atoms with Crippen molar-refractivity contribution in [3.8, 4) is 11.5 Å². The Bertz CT molecular complexity index is 818. The molecular formula is C18H15NO3S2. The summed E-state index contributed by atoms with van der Waals surface area (Å²) in [5.41, 5.74) is 1.57. The second-order valence-electron chi connectivity index (χ2n) is 4.96. The Morgan fingerprint density at radius 3 is 2.50 bits per heavy atom. The van der Waals surface area contributed by atoms with Crippen LogP contribution >= 0.6 is 24.0 Å². The van der Waals surface area contributed by atoms with Crippen molar-refractivity contribution in [3.63, 3.8) is 0 Å². The van der Waals surface area contributed by atoms with Crippen LogP contribution in [0.1, 0.15) is 5.56 Å². The number of anilines is 1. The van der Waals surface area contributed by atoms with Gasteiger partial charge in [0.2, 0.25) is 0 Å². The maximum absolute atomic E-state index is 12.7. The average Bonchev–Trinajstić information content (AvgIpc) is 2.89. The summed E-state index contributed by atoms with van der Waals surface area (Å²) in [6.45, 7) is 0. The number of carbonyl (C=O) groups excluding carboxylic acids is 1. The SMILES string of the molecule is COc1ccc(/C=C2/SC(=S)N(c3ccccc3)C2=O)c(OC)c1. The van der Waals surface area contributed by atoms with Gasteiger partial charge in [-0.25, -0.2) is 0 Å². The summed E-state index contributed by atoms with van der Waals surface area (Å²) in [5, 5.41) is 0. The molecule has 0 N–H and O–H groups in total. The molecule has 0 aromatic heterocycles. The number of hydrogen-bond acceptors (Lipinski definition) is 5. The number of hydrogen-bond donors (Lipinski definition) is 0. The van der Waals surface area contributed by atoms with Crippen LogP contribution in [0.5, 0.6) is 11.5 Å². The number of thioether (sulfide) groups is 1. The molecule has 0 spiro atoms. The lowest BCUT2D eigenvalue weighted by atomic mass is 10.1. The summed E-state index contributed by atoms with van der Waals surface area (Å²) >= 11 is 6.65. The van der Waals surface area contributed by atoms with E-state index in [-0.39, 0.29) is 5.91 Å². The van der Waals surface area contributed by atoms with Crippen LogP contribution in [-0.4, -0.2) is 24.4 Å². The third kappa shape index (κ3) is 3.16. The van der Waals surface area contributed by atoms with E-state index in [1.807, 2.05) is 42.5 Å². The monoisotopic (exact) mass is 357 g/mol. The van der Waals surface area contributed by atoms with E-state index in [4.69, 9.17) is 21.7 Å². The first-order chi connectivity index (χ1) is 11.6. The molecule has 1 heterocycles. The van der Waals surface area contributed by atoms with Crippen molar-refractivity contribution in [1.29, 1.82) is 0 Å². The van der Waals surface area contributed by atoms with Crippen LogP contribution in [0.15, 0.2) is 53.4 Å². The van der Waals surface area contributed by atoms with Gasteiger partial charge in [-0.1, -0.05) is 42.2 Å². The molecule has 0 aliphatic carbocycles. The van der Waals surface area contributed by atoms with E-state index >= 15 is 0 Å². The lowest BCUT2D eigenvalue weighted by molar-refractivity contribution is -0.113. The zero-order valence-electron chi connectivity index (χ0n) is 13.2. The highest BCUT2D eigenvalue weighted by atomic mass is 32.2. The highest BCUT2D eigenvalue weighted by molar-refractivity contribution is 8.27.